The fraction of sp³-hybridized carbons (Fsp3) is 0.500. The standard InChI is InChI=1S/C16H24N2O4/c1-11(2)14(15(19)21-4)17-12(3)18-16(20)22-10-13-8-6-5-7-9-13/h5-9,11-12,14,17H,10H2,1-4H3,(H,18,20)/t12?,14-/m0/s1. The van der Waals surface area contributed by atoms with Gasteiger partial charge in [-0.1, -0.05) is 44.2 Å². The molecule has 0 saturated carbocycles. The Morgan fingerprint density at radius 1 is 1.14 bits per heavy atom. The van der Waals surface area contributed by atoms with Crippen LogP contribution < -0.4 is 10.6 Å². The molecule has 1 aromatic carbocycles. The minimum atomic E-state index is -0.545. The van der Waals surface area contributed by atoms with Crippen molar-refractivity contribution in [2.24, 2.45) is 5.92 Å². The molecule has 0 aromatic heterocycles. The number of hydrogen-bond donors (Lipinski definition) is 2. The van der Waals surface area contributed by atoms with Crippen molar-refractivity contribution in [2.45, 2.75) is 39.6 Å². The van der Waals surface area contributed by atoms with Crippen LogP contribution in [0.2, 0.25) is 0 Å². The first-order chi connectivity index (χ1) is 10.4. The van der Waals surface area contributed by atoms with Crippen LogP contribution in [0.15, 0.2) is 30.3 Å². The predicted molar refractivity (Wildman–Crippen MR) is 83.0 cm³/mol. The molecule has 22 heavy (non-hydrogen) atoms. The first-order valence-corrected chi connectivity index (χ1v) is 7.25. The fourth-order valence-electron chi connectivity index (χ4n) is 1.91. The number of carbonyl (C=O) groups is 2. The van der Waals surface area contributed by atoms with Crippen LogP contribution in [0.25, 0.3) is 0 Å². The van der Waals surface area contributed by atoms with Gasteiger partial charge in [-0.25, -0.2) is 4.79 Å². The molecule has 0 radical (unpaired) electrons. The van der Waals surface area contributed by atoms with Crippen molar-refractivity contribution >= 4 is 12.1 Å². The molecule has 0 saturated heterocycles. The quantitative estimate of drug-likeness (QED) is 0.595. The number of ether oxygens (including phenoxy) is 2. The summed E-state index contributed by atoms with van der Waals surface area (Å²) in [5.74, 6) is -0.321. The van der Waals surface area contributed by atoms with Gasteiger partial charge in [0.2, 0.25) is 0 Å². The average molecular weight is 308 g/mol. The molecule has 0 aliphatic heterocycles. The van der Waals surface area contributed by atoms with Gasteiger partial charge in [0.1, 0.15) is 12.6 Å². The van der Waals surface area contributed by atoms with E-state index in [1.54, 1.807) is 6.92 Å². The highest BCUT2D eigenvalue weighted by atomic mass is 16.5. The summed E-state index contributed by atoms with van der Waals surface area (Å²) in [5, 5.41) is 5.64. The van der Waals surface area contributed by atoms with Gasteiger partial charge >= 0.3 is 12.1 Å². The van der Waals surface area contributed by atoms with E-state index < -0.39 is 18.3 Å². The van der Waals surface area contributed by atoms with Crippen LogP contribution in [0.5, 0.6) is 0 Å². The molecule has 0 heterocycles. The van der Waals surface area contributed by atoms with Gasteiger partial charge in [0, 0.05) is 0 Å². The van der Waals surface area contributed by atoms with Crippen molar-refractivity contribution in [3.8, 4) is 0 Å². The highest BCUT2D eigenvalue weighted by molar-refractivity contribution is 5.76. The van der Waals surface area contributed by atoms with E-state index >= 15 is 0 Å². The highest BCUT2D eigenvalue weighted by Crippen LogP contribution is 2.05. The van der Waals surface area contributed by atoms with Crippen LogP contribution in [-0.4, -0.2) is 31.4 Å². The SMILES string of the molecule is COC(=O)[C@@H](NC(C)NC(=O)OCc1ccccc1)C(C)C. The second-order valence-corrected chi connectivity index (χ2v) is 5.34. The van der Waals surface area contributed by atoms with E-state index in [0.29, 0.717) is 0 Å². The van der Waals surface area contributed by atoms with Crippen molar-refractivity contribution < 1.29 is 19.1 Å². The van der Waals surface area contributed by atoms with E-state index in [2.05, 4.69) is 10.6 Å². The van der Waals surface area contributed by atoms with Gasteiger partial charge in [0.25, 0.3) is 0 Å². The first-order valence-electron chi connectivity index (χ1n) is 7.25. The number of benzene rings is 1. The summed E-state index contributed by atoms with van der Waals surface area (Å²) in [4.78, 5) is 23.4. The Morgan fingerprint density at radius 3 is 2.32 bits per heavy atom. The van der Waals surface area contributed by atoms with Gasteiger partial charge in [-0.3, -0.25) is 10.1 Å². The van der Waals surface area contributed by atoms with E-state index in [0.717, 1.165) is 5.56 Å². The lowest BCUT2D eigenvalue weighted by Gasteiger charge is -2.24. The number of rotatable bonds is 7. The van der Waals surface area contributed by atoms with Crippen LogP contribution in [0.3, 0.4) is 0 Å². The molecule has 1 aromatic rings. The Kier molecular flexibility index (Phi) is 7.39. The van der Waals surface area contributed by atoms with E-state index in [4.69, 9.17) is 9.47 Å². The third kappa shape index (κ3) is 6.13. The van der Waals surface area contributed by atoms with E-state index in [-0.39, 0.29) is 18.5 Å². The third-order valence-electron chi connectivity index (χ3n) is 3.10. The van der Waals surface area contributed by atoms with E-state index in [9.17, 15) is 9.59 Å². The second kappa shape index (κ2) is 9.04. The summed E-state index contributed by atoms with van der Waals surface area (Å²) in [6.45, 7) is 5.73. The Balaban J connectivity index is 2.41. The molecule has 0 spiro atoms. The van der Waals surface area contributed by atoms with Crippen molar-refractivity contribution in [3.63, 3.8) is 0 Å². The van der Waals surface area contributed by atoms with Crippen LogP contribution >= 0.6 is 0 Å². The summed E-state index contributed by atoms with van der Waals surface area (Å²) in [6.07, 6.45) is -0.967. The average Bonchev–Trinajstić information content (AvgIpc) is 2.50. The van der Waals surface area contributed by atoms with Crippen LogP contribution in [0.1, 0.15) is 26.3 Å². The zero-order valence-electron chi connectivity index (χ0n) is 13.5. The first kappa shape index (κ1) is 18.0. The Morgan fingerprint density at radius 2 is 1.77 bits per heavy atom. The molecule has 0 aliphatic rings. The highest BCUT2D eigenvalue weighted by Gasteiger charge is 2.25. The fourth-order valence-corrected chi connectivity index (χ4v) is 1.91. The molecular formula is C16H24N2O4. The van der Waals surface area contributed by atoms with Gasteiger partial charge in [-0.2, -0.15) is 0 Å². The number of amides is 1. The molecule has 1 amide bonds. The van der Waals surface area contributed by atoms with Crippen LogP contribution in [0, 0.1) is 5.92 Å². The summed E-state index contributed by atoms with van der Waals surface area (Å²) < 4.78 is 9.86. The molecule has 1 rings (SSSR count). The van der Waals surface area contributed by atoms with Crippen molar-refractivity contribution in [1.29, 1.82) is 0 Å². The zero-order chi connectivity index (χ0) is 16.5. The third-order valence-corrected chi connectivity index (χ3v) is 3.10. The van der Waals surface area contributed by atoms with Gasteiger partial charge < -0.3 is 14.8 Å². The van der Waals surface area contributed by atoms with Crippen LogP contribution in [-0.2, 0) is 20.9 Å². The summed E-state index contributed by atoms with van der Waals surface area (Å²) >= 11 is 0. The molecule has 0 bridgehead atoms. The topological polar surface area (TPSA) is 76.7 Å². The van der Waals surface area contributed by atoms with Crippen molar-refractivity contribution in [3.05, 3.63) is 35.9 Å². The lowest BCUT2D eigenvalue weighted by atomic mass is 10.0. The normalized spacial score (nSPS) is 13.3. The number of hydrogen-bond acceptors (Lipinski definition) is 5. The predicted octanol–water partition coefficient (Wildman–Crippen LogP) is 2.05. The zero-order valence-corrected chi connectivity index (χ0v) is 13.5. The molecule has 6 nitrogen and oxygen atoms in total. The second-order valence-electron chi connectivity index (χ2n) is 5.34. The molecular weight excluding hydrogens is 284 g/mol. The van der Waals surface area contributed by atoms with Gasteiger partial charge in [0.15, 0.2) is 0 Å². The Bertz CT molecular complexity index is 476. The number of alkyl carbamates (subject to hydrolysis) is 1. The molecule has 0 fully saturated rings. The molecule has 6 heteroatoms. The van der Waals surface area contributed by atoms with Gasteiger partial charge in [-0.05, 0) is 18.4 Å². The Labute approximate surface area is 131 Å². The summed E-state index contributed by atoms with van der Waals surface area (Å²) in [7, 11) is 1.34. The molecule has 2 N–H and O–H groups in total. The maximum Gasteiger partial charge on any atom is 0.408 e. The number of nitrogens with one attached hydrogen (secondary N) is 2. The Hall–Kier alpha value is -2.08. The van der Waals surface area contributed by atoms with Gasteiger partial charge in [0.05, 0.1) is 13.3 Å². The van der Waals surface area contributed by atoms with Gasteiger partial charge in [-0.15, -0.1) is 0 Å². The van der Waals surface area contributed by atoms with E-state index in [1.165, 1.54) is 7.11 Å². The van der Waals surface area contributed by atoms with Crippen molar-refractivity contribution in [1.82, 2.24) is 10.6 Å². The molecule has 122 valence electrons. The number of methoxy groups -OCH3 is 1. The number of carbonyl (C=O) groups excluding carboxylic acids is 2. The largest absolute Gasteiger partial charge is 0.468 e. The lowest BCUT2D eigenvalue weighted by molar-refractivity contribution is -0.144. The van der Waals surface area contributed by atoms with Crippen molar-refractivity contribution in [2.75, 3.05) is 7.11 Å². The monoisotopic (exact) mass is 308 g/mol. The van der Waals surface area contributed by atoms with Crippen LogP contribution in [0.4, 0.5) is 4.79 Å². The molecule has 1 unspecified atom stereocenters. The summed E-state index contributed by atoms with van der Waals surface area (Å²) in [5.41, 5.74) is 0.910. The molecule has 2 atom stereocenters. The number of esters is 1. The minimum Gasteiger partial charge on any atom is -0.468 e. The molecule has 0 aliphatic carbocycles. The maximum absolute atomic E-state index is 11.7. The lowest BCUT2D eigenvalue weighted by Crippen LogP contribution is -2.52. The smallest absolute Gasteiger partial charge is 0.408 e. The minimum absolute atomic E-state index is 0.0389. The van der Waals surface area contributed by atoms with E-state index in [1.807, 2.05) is 44.2 Å². The maximum atomic E-state index is 11.7. The summed E-state index contributed by atoms with van der Waals surface area (Å²) in [6, 6.07) is 8.92.